The normalized spacial score (nSPS) is 33.0. The van der Waals surface area contributed by atoms with Gasteiger partial charge in [0.25, 0.3) is 0 Å². The predicted molar refractivity (Wildman–Crippen MR) is 131 cm³/mol. The van der Waals surface area contributed by atoms with Crippen molar-refractivity contribution in [1.29, 1.82) is 0 Å². The Morgan fingerprint density at radius 3 is 2.03 bits per heavy atom. The van der Waals surface area contributed by atoms with Crippen molar-refractivity contribution >= 4 is 5.97 Å². The van der Waals surface area contributed by atoms with Gasteiger partial charge in [0.05, 0.1) is 18.2 Å². The number of esters is 1. The molecule has 6 heteroatoms. The quantitative estimate of drug-likeness (QED) is 0.270. The molecule has 3 aliphatic rings. The first-order chi connectivity index (χ1) is 16.2. The molecule has 2 saturated carbocycles. The molecule has 0 amide bonds. The zero-order chi connectivity index (χ0) is 23.3. The summed E-state index contributed by atoms with van der Waals surface area (Å²) >= 11 is 0. The van der Waals surface area contributed by atoms with E-state index in [2.05, 4.69) is 17.6 Å². The molecule has 0 spiro atoms. The van der Waals surface area contributed by atoms with Crippen LogP contribution in [0, 0.1) is 11.8 Å². The van der Waals surface area contributed by atoms with Gasteiger partial charge in [0.15, 0.2) is 0 Å². The summed E-state index contributed by atoms with van der Waals surface area (Å²) in [4.78, 5) is 12.4. The summed E-state index contributed by atoms with van der Waals surface area (Å²) in [6.45, 7) is 4.97. The molecule has 0 atom stereocenters. The Kier molecular flexibility index (Phi) is 12.5. The zero-order valence-electron chi connectivity index (χ0n) is 21.0. The molecule has 3 fully saturated rings. The molecule has 0 aromatic heterocycles. The van der Waals surface area contributed by atoms with Crippen molar-refractivity contribution in [3.8, 4) is 0 Å². The van der Waals surface area contributed by atoms with Gasteiger partial charge < -0.3 is 9.47 Å². The molecule has 2 aliphatic carbocycles. The molecule has 0 radical (unpaired) electrons. The highest BCUT2D eigenvalue weighted by atomic mass is 19.1. The Labute approximate surface area is 201 Å². The minimum atomic E-state index is -0.727. The topological polar surface area (TPSA) is 59.6 Å². The number of unbranched alkanes of at least 4 members (excludes halogenated alkanes) is 7. The summed E-state index contributed by atoms with van der Waals surface area (Å²) in [6, 6.07) is 0. The van der Waals surface area contributed by atoms with Gasteiger partial charge >= 0.3 is 5.97 Å². The summed E-state index contributed by atoms with van der Waals surface area (Å²) in [5.41, 5.74) is 0. The van der Waals surface area contributed by atoms with E-state index in [1.165, 1.54) is 51.4 Å². The van der Waals surface area contributed by atoms with Crippen molar-refractivity contribution in [3.05, 3.63) is 0 Å². The number of carbonyl (C=O) groups excluding carboxylic acids is 1. The predicted octanol–water partition coefficient (Wildman–Crippen LogP) is 5.66. The van der Waals surface area contributed by atoms with Gasteiger partial charge in [-0.05, 0) is 63.7 Å². The lowest BCUT2D eigenvalue weighted by atomic mass is 9.84. The first-order valence-electron chi connectivity index (χ1n) is 14.1. The zero-order valence-corrected chi connectivity index (χ0v) is 21.0. The lowest BCUT2D eigenvalue weighted by molar-refractivity contribution is -0.157. The van der Waals surface area contributed by atoms with Crippen molar-refractivity contribution in [1.82, 2.24) is 10.6 Å². The van der Waals surface area contributed by atoms with Gasteiger partial charge in [-0.25, -0.2) is 4.39 Å². The third-order valence-electron chi connectivity index (χ3n) is 7.95. The second-order valence-corrected chi connectivity index (χ2v) is 10.7. The van der Waals surface area contributed by atoms with Crippen LogP contribution in [0.3, 0.4) is 0 Å². The van der Waals surface area contributed by atoms with Crippen LogP contribution in [0.4, 0.5) is 4.39 Å². The number of hydrogen-bond acceptors (Lipinski definition) is 5. The van der Waals surface area contributed by atoms with E-state index in [4.69, 9.17) is 9.47 Å². The largest absolute Gasteiger partial charge is 0.462 e. The van der Waals surface area contributed by atoms with Gasteiger partial charge in [-0.1, -0.05) is 51.9 Å². The van der Waals surface area contributed by atoms with E-state index in [1.807, 2.05) is 0 Å². The van der Waals surface area contributed by atoms with Crippen LogP contribution in [-0.4, -0.2) is 50.2 Å². The van der Waals surface area contributed by atoms with Crippen molar-refractivity contribution < 1.29 is 18.7 Å². The Morgan fingerprint density at radius 2 is 1.39 bits per heavy atom. The lowest BCUT2D eigenvalue weighted by Gasteiger charge is -2.39. The highest BCUT2D eigenvalue weighted by Gasteiger charge is 2.33. The number of halogens is 1. The van der Waals surface area contributed by atoms with E-state index in [0.29, 0.717) is 37.8 Å². The number of nitrogens with one attached hydrogen (secondary N) is 2. The maximum atomic E-state index is 13.3. The van der Waals surface area contributed by atoms with Gasteiger partial charge in [0.1, 0.15) is 12.3 Å². The van der Waals surface area contributed by atoms with Crippen LogP contribution in [0.5, 0.6) is 0 Å². The van der Waals surface area contributed by atoms with Crippen LogP contribution in [0.1, 0.15) is 110 Å². The van der Waals surface area contributed by atoms with E-state index < -0.39 is 6.17 Å². The van der Waals surface area contributed by atoms with Gasteiger partial charge in [-0.2, -0.15) is 0 Å². The Morgan fingerprint density at radius 1 is 0.788 bits per heavy atom. The van der Waals surface area contributed by atoms with Crippen LogP contribution >= 0.6 is 0 Å². The van der Waals surface area contributed by atoms with Gasteiger partial charge in [0, 0.05) is 19.7 Å². The first kappa shape index (κ1) is 26.9. The molecular formula is C27H49FN2O3. The second kappa shape index (κ2) is 15.3. The standard InChI is InChI=1S/C27H49FN2O3/c1-2-3-4-5-6-7-8-9-18-32-25-19-29-26(30-20-25)21-12-16-24(17-13-21)33-27(31)22-10-14-23(28)15-11-22/h21-26,29-30H,2-20H2,1H3. The number of carbonyl (C=O) groups is 1. The van der Waals surface area contributed by atoms with E-state index in [9.17, 15) is 9.18 Å². The number of alkyl halides is 1. The smallest absolute Gasteiger partial charge is 0.309 e. The third-order valence-corrected chi connectivity index (χ3v) is 7.95. The fourth-order valence-electron chi connectivity index (χ4n) is 5.69. The van der Waals surface area contributed by atoms with Crippen LogP contribution < -0.4 is 10.6 Å². The highest BCUT2D eigenvalue weighted by molar-refractivity contribution is 5.72. The summed E-state index contributed by atoms with van der Waals surface area (Å²) in [6.07, 6.45) is 16.9. The van der Waals surface area contributed by atoms with Crippen molar-refractivity contribution in [3.63, 3.8) is 0 Å². The van der Waals surface area contributed by atoms with E-state index in [-0.39, 0.29) is 24.1 Å². The maximum Gasteiger partial charge on any atom is 0.309 e. The van der Waals surface area contributed by atoms with Crippen LogP contribution in [0.15, 0.2) is 0 Å². The first-order valence-corrected chi connectivity index (χ1v) is 14.1. The molecule has 1 aliphatic heterocycles. The van der Waals surface area contributed by atoms with Crippen LogP contribution in [0.25, 0.3) is 0 Å². The molecule has 0 aromatic carbocycles. The summed E-state index contributed by atoms with van der Waals surface area (Å²) in [7, 11) is 0. The number of rotatable bonds is 13. The third kappa shape index (κ3) is 9.81. The summed E-state index contributed by atoms with van der Waals surface area (Å²) in [5, 5.41) is 7.30. The van der Waals surface area contributed by atoms with Gasteiger partial charge in [0.2, 0.25) is 0 Å². The molecule has 5 nitrogen and oxygen atoms in total. The maximum absolute atomic E-state index is 13.3. The van der Waals surface area contributed by atoms with E-state index >= 15 is 0 Å². The number of ether oxygens (including phenoxy) is 2. The fraction of sp³-hybridized carbons (Fsp3) is 0.963. The summed E-state index contributed by atoms with van der Waals surface area (Å²) in [5.74, 6) is 0.408. The molecule has 0 aromatic rings. The molecule has 1 heterocycles. The van der Waals surface area contributed by atoms with Gasteiger partial charge in [-0.15, -0.1) is 0 Å². The Balaban J connectivity index is 1.20. The minimum Gasteiger partial charge on any atom is -0.462 e. The molecule has 2 N–H and O–H groups in total. The second-order valence-electron chi connectivity index (χ2n) is 10.7. The SMILES string of the molecule is CCCCCCCCCCOC1CNC(C2CCC(OC(=O)C3CCC(F)CC3)CC2)NC1. The van der Waals surface area contributed by atoms with Crippen molar-refractivity contribution in [2.45, 2.75) is 134 Å². The molecule has 192 valence electrons. The van der Waals surface area contributed by atoms with Gasteiger partial charge in [-0.3, -0.25) is 15.4 Å². The summed E-state index contributed by atoms with van der Waals surface area (Å²) < 4.78 is 25.2. The van der Waals surface area contributed by atoms with Crippen LogP contribution in [0.2, 0.25) is 0 Å². The molecule has 0 bridgehead atoms. The molecule has 1 saturated heterocycles. The Hall–Kier alpha value is -0.720. The Bertz CT molecular complexity index is 525. The highest BCUT2D eigenvalue weighted by Crippen LogP contribution is 2.32. The van der Waals surface area contributed by atoms with E-state index in [1.54, 1.807) is 0 Å². The van der Waals surface area contributed by atoms with Crippen molar-refractivity contribution in [2.75, 3.05) is 19.7 Å². The minimum absolute atomic E-state index is 0.0446. The monoisotopic (exact) mass is 468 g/mol. The fourth-order valence-corrected chi connectivity index (χ4v) is 5.69. The molecular weight excluding hydrogens is 419 g/mol. The molecule has 0 unspecified atom stereocenters. The number of hydrogen-bond donors (Lipinski definition) is 2. The van der Waals surface area contributed by atoms with Crippen LogP contribution in [-0.2, 0) is 14.3 Å². The van der Waals surface area contributed by atoms with E-state index in [0.717, 1.165) is 45.4 Å². The average molecular weight is 469 g/mol. The van der Waals surface area contributed by atoms with Crippen molar-refractivity contribution in [2.24, 2.45) is 11.8 Å². The average Bonchev–Trinajstić information content (AvgIpc) is 2.84. The molecule has 3 rings (SSSR count). The molecule has 33 heavy (non-hydrogen) atoms. The lowest BCUT2D eigenvalue weighted by Crippen LogP contribution is -2.59.